The van der Waals surface area contributed by atoms with E-state index in [2.05, 4.69) is 6.92 Å². The average molecular weight is 222 g/mol. The van der Waals surface area contributed by atoms with E-state index in [9.17, 15) is 4.79 Å². The summed E-state index contributed by atoms with van der Waals surface area (Å²) in [4.78, 5) is 11.6. The second-order valence-corrected chi connectivity index (χ2v) is 5.14. The van der Waals surface area contributed by atoms with Crippen LogP contribution in [0.25, 0.3) is 0 Å². The maximum atomic E-state index is 11.6. The molecule has 16 heavy (non-hydrogen) atoms. The van der Waals surface area contributed by atoms with Crippen LogP contribution in [0.3, 0.4) is 0 Å². The van der Waals surface area contributed by atoms with Crippen molar-refractivity contribution in [1.82, 2.24) is 0 Å². The molecular weight excluding hydrogens is 196 g/mol. The van der Waals surface area contributed by atoms with Gasteiger partial charge in [0.25, 0.3) is 0 Å². The zero-order valence-electron chi connectivity index (χ0n) is 11.0. The lowest BCUT2D eigenvalue weighted by molar-refractivity contribution is -0.113. The van der Waals surface area contributed by atoms with Gasteiger partial charge < -0.3 is 0 Å². The van der Waals surface area contributed by atoms with Crippen molar-refractivity contribution in [3.8, 4) is 0 Å². The van der Waals surface area contributed by atoms with Crippen LogP contribution in [-0.4, -0.2) is 5.78 Å². The summed E-state index contributed by atoms with van der Waals surface area (Å²) >= 11 is 0. The fourth-order valence-corrected chi connectivity index (χ4v) is 2.59. The van der Waals surface area contributed by atoms with Gasteiger partial charge in [0.2, 0.25) is 0 Å². The molecule has 0 spiro atoms. The fourth-order valence-electron chi connectivity index (χ4n) is 2.59. The number of carbonyl (C=O) groups is 1. The van der Waals surface area contributed by atoms with Crippen molar-refractivity contribution < 1.29 is 4.79 Å². The van der Waals surface area contributed by atoms with E-state index in [0.29, 0.717) is 5.78 Å². The highest BCUT2D eigenvalue weighted by Crippen LogP contribution is 2.21. The minimum Gasteiger partial charge on any atom is -0.295 e. The molecule has 0 saturated carbocycles. The van der Waals surface area contributed by atoms with Gasteiger partial charge in [-0.2, -0.15) is 0 Å². The summed E-state index contributed by atoms with van der Waals surface area (Å²) in [5, 5.41) is 0. The fraction of sp³-hybridized carbons (Fsp3) is 0.800. The van der Waals surface area contributed by atoms with Gasteiger partial charge in [0.05, 0.1) is 0 Å². The van der Waals surface area contributed by atoms with E-state index < -0.39 is 0 Å². The molecule has 92 valence electrons. The van der Waals surface area contributed by atoms with Gasteiger partial charge in [-0.25, -0.2) is 0 Å². The first-order valence-corrected chi connectivity index (χ1v) is 6.91. The van der Waals surface area contributed by atoms with Crippen molar-refractivity contribution in [3.63, 3.8) is 0 Å². The van der Waals surface area contributed by atoms with Crippen LogP contribution in [0, 0.1) is 0 Å². The van der Waals surface area contributed by atoms with Crippen molar-refractivity contribution >= 4 is 5.78 Å². The Kier molecular flexibility index (Phi) is 6.44. The predicted molar refractivity (Wildman–Crippen MR) is 69.6 cm³/mol. The number of hydrogen-bond acceptors (Lipinski definition) is 1. The Hall–Kier alpha value is -0.590. The smallest absolute Gasteiger partial charge is 0.155 e. The van der Waals surface area contributed by atoms with Gasteiger partial charge >= 0.3 is 0 Å². The van der Waals surface area contributed by atoms with Gasteiger partial charge in [0.1, 0.15) is 0 Å². The van der Waals surface area contributed by atoms with Crippen LogP contribution in [0.1, 0.15) is 78.1 Å². The first kappa shape index (κ1) is 13.5. The van der Waals surface area contributed by atoms with Crippen LogP contribution in [0.5, 0.6) is 0 Å². The van der Waals surface area contributed by atoms with Crippen LogP contribution in [0.2, 0.25) is 0 Å². The lowest BCUT2D eigenvalue weighted by Crippen LogP contribution is -2.01. The molecule has 0 atom stereocenters. The molecule has 1 nitrogen and oxygen atoms in total. The van der Waals surface area contributed by atoms with E-state index in [0.717, 1.165) is 18.4 Å². The summed E-state index contributed by atoms with van der Waals surface area (Å²) in [6.07, 6.45) is 12.8. The zero-order chi connectivity index (χ0) is 11.8. The molecule has 0 aliphatic heterocycles. The number of ketones is 1. The highest BCUT2D eigenvalue weighted by Gasteiger charge is 2.08. The molecule has 0 aromatic rings. The molecule has 0 unspecified atom stereocenters. The topological polar surface area (TPSA) is 17.1 Å². The number of rotatable bonds is 1. The molecule has 0 heterocycles. The lowest BCUT2D eigenvalue weighted by atomic mass is 9.94. The summed E-state index contributed by atoms with van der Waals surface area (Å²) in [5.41, 5.74) is 2.48. The molecule has 0 saturated heterocycles. The molecular formula is C15H26O. The Morgan fingerprint density at radius 3 is 1.75 bits per heavy atom. The molecule has 1 aliphatic rings. The van der Waals surface area contributed by atoms with Crippen LogP contribution in [0.15, 0.2) is 11.1 Å². The third-order valence-electron chi connectivity index (χ3n) is 3.67. The SMILES string of the molecule is CC(=O)/C1=C(\C)CCCCCCCCCC1. The van der Waals surface area contributed by atoms with Crippen LogP contribution >= 0.6 is 0 Å². The van der Waals surface area contributed by atoms with Crippen molar-refractivity contribution in [3.05, 3.63) is 11.1 Å². The molecule has 0 amide bonds. The normalized spacial score (nSPS) is 25.6. The van der Waals surface area contributed by atoms with Gasteiger partial charge in [0.15, 0.2) is 5.78 Å². The summed E-state index contributed by atoms with van der Waals surface area (Å²) in [6.45, 7) is 3.88. The quantitative estimate of drug-likeness (QED) is 0.622. The molecule has 0 aromatic heterocycles. The van der Waals surface area contributed by atoms with E-state index in [1.807, 2.05) is 0 Å². The van der Waals surface area contributed by atoms with Crippen molar-refractivity contribution in [2.45, 2.75) is 78.1 Å². The number of carbonyl (C=O) groups excluding carboxylic acids is 1. The van der Waals surface area contributed by atoms with E-state index in [1.54, 1.807) is 6.92 Å². The molecule has 1 heteroatoms. The standard InChI is InChI=1S/C15H26O/c1-13-11-9-7-5-3-4-6-8-10-12-15(13)14(2)16/h3-12H2,1-2H3/b15-13+. The largest absolute Gasteiger partial charge is 0.295 e. The van der Waals surface area contributed by atoms with E-state index in [4.69, 9.17) is 0 Å². The second-order valence-electron chi connectivity index (χ2n) is 5.14. The number of hydrogen-bond donors (Lipinski definition) is 0. The zero-order valence-corrected chi connectivity index (χ0v) is 11.0. The Bertz CT molecular complexity index is 250. The summed E-state index contributed by atoms with van der Waals surface area (Å²) < 4.78 is 0. The first-order chi connectivity index (χ1) is 7.72. The van der Waals surface area contributed by atoms with E-state index >= 15 is 0 Å². The summed E-state index contributed by atoms with van der Waals surface area (Å²) in [6, 6.07) is 0. The highest BCUT2D eigenvalue weighted by molar-refractivity contribution is 5.93. The molecule has 0 aromatic carbocycles. The summed E-state index contributed by atoms with van der Waals surface area (Å²) in [5.74, 6) is 0.301. The number of allylic oxidation sites excluding steroid dienone is 2. The highest BCUT2D eigenvalue weighted by atomic mass is 16.1. The minimum absolute atomic E-state index is 0.301. The Morgan fingerprint density at radius 2 is 1.25 bits per heavy atom. The van der Waals surface area contributed by atoms with Gasteiger partial charge in [0, 0.05) is 0 Å². The lowest BCUT2D eigenvalue weighted by Gasteiger charge is -2.11. The molecule has 0 fully saturated rings. The Balaban J connectivity index is 2.59. The monoisotopic (exact) mass is 222 g/mol. The van der Waals surface area contributed by atoms with Crippen molar-refractivity contribution in [2.24, 2.45) is 0 Å². The van der Waals surface area contributed by atoms with Crippen molar-refractivity contribution in [2.75, 3.05) is 0 Å². The van der Waals surface area contributed by atoms with Crippen LogP contribution in [0.4, 0.5) is 0 Å². The molecule has 0 bridgehead atoms. The van der Waals surface area contributed by atoms with E-state index in [-0.39, 0.29) is 0 Å². The minimum atomic E-state index is 0.301. The average Bonchev–Trinajstić information content (AvgIpc) is 2.22. The maximum Gasteiger partial charge on any atom is 0.155 e. The van der Waals surface area contributed by atoms with Gasteiger partial charge in [-0.3, -0.25) is 4.79 Å². The molecule has 0 N–H and O–H groups in total. The Morgan fingerprint density at radius 1 is 0.812 bits per heavy atom. The molecule has 1 aliphatic carbocycles. The van der Waals surface area contributed by atoms with Crippen LogP contribution < -0.4 is 0 Å². The van der Waals surface area contributed by atoms with Gasteiger partial charge in [-0.1, -0.05) is 44.1 Å². The molecule has 1 rings (SSSR count). The summed E-state index contributed by atoms with van der Waals surface area (Å²) in [7, 11) is 0. The second kappa shape index (κ2) is 7.65. The third-order valence-corrected chi connectivity index (χ3v) is 3.67. The van der Waals surface area contributed by atoms with E-state index in [1.165, 1.54) is 56.9 Å². The number of Topliss-reactive ketones (excluding diaryl/α,β-unsaturated/α-hetero) is 1. The molecule has 0 radical (unpaired) electrons. The first-order valence-electron chi connectivity index (χ1n) is 6.91. The van der Waals surface area contributed by atoms with Crippen LogP contribution in [-0.2, 0) is 4.79 Å². The Labute approximate surface area is 100 Å². The van der Waals surface area contributed by atoms with Crippen molar-refractivity contribution in [1.29, 1.82) is 0 Å². The maximum absolute atomic E-state index is 11.6. The van der Waals surface area contributed by atoms with Gasteiger partial charge in [-0.15, -0.1) is 0 Å². The third kappa shape index (κ3) is 4.96. The predicted octanol–water partition coefficient (Wildman–Crippen LogP) is 4.81. The van der Waals surface area contributed by atoms with Gasteiger partial charge in [-0.05, 0) is 45.1 Å².